The maximum atomic E-state index is 13.0. The first-order valence-corrected chi connectivity index (χ1v) is 10.6. The third kappa shape index (κ3) is 2.62. The van der Waals surface area contributed by atoms with E-state index in [4.69, 9.17) is 0 Å². The van der Waals surface area contributed by atoms with Crippen molar-refractivity contribution in [3.63, 3.8) is 0 Å². The summed E-state index contributed by atoms with van der Waals surface area (Å²) in [5, 5.41) is 10.6. The molecule has 2 saturated heterocycles. The number of hydrogen-bond acceptors (Lipinski definition) is 3. The molecule has 0 radical (unpaired) electrons. The van der Waals surface area contributed by atoms with Gasteiger partial charge in [-0.25, -0.2) is 0 Å². The summed E-state index contributed by atoms with van der Waals surface area (Å²) >= 11 is 0. The van der Waals surface area contributed by atoms with Crippen molar-refractivity contribution in [1.82, 2.24) is 20.4 Å². The van der Waals surface area contributed by atoms with Crippen LogP contribution in [0.1, 0.15) is 66.7 Å². The molecular weight excluding hydrogens is 336 g/mol. The van der Waals surface area contributed by atoms with Crippen molar-refractivity contribution in [2.24, 2.45) is 11.8 Å². The average Bonchev–Trinajstić information content (AvgIpc) is 3.27. The van der Waals surface area contributed by atoms with Crippen molar-refractivity contribution in [3.05, 3.63) is 35.2 Å². The van der Waals surface area contributed by atoms with Crippen LogP contribution >= 0.6 is 0 Å². The fourth-order valence-corrected chi connectivity index (χ4v) is 5.94. The second-order valence-corrected chi connectivity index (χ2v) is 9.03. The van der Waals surface area contributed by atoms with Crippen molar-refractivity contribution in [2.45, 2.75) is 63.5 Å². The molecular formula is C22H30N4O. The molecule has 2 saturated carbocycles. The Hall–Kier alpha value is -1.88. The summed E-state index contributed by atoms with van der Waals surface area (Å²) in [5.41, 5.74) is 3.96. The number of aromatic nitrogens is 2. The molecule has 2 aliphatic carbocycles. The van der Waals surface area contributed by atoms with Gasteiger partial charge in [0.1, 0.15) is 0 Å². The Balaban J connectivity index is 1.29. The third-order valence-electron chi connectivity index (χ3n) is 7.80. The number of aromatic amines is 1. The van der Waals surface area contributed by atoms with E-state index in [0.29, 0.717) is 23.1 Å². The molecule has 2 N–H and O–H groups in total. The highest BCUT2D eigenvalue weighted by Crippen LogP contribution is 2.57. The van der Waals surface area contributed by atoms with Gasteiger partial charge in [-0.05, 0) is 50.9 Å². The van der Waals surface area contributed by atoms with Crippen molar-refractivity contribution in [1.29, 1.82) is 0 Å². The zero-order valence-electron chi connectivity index (χ0n) is 16.3. The van der Waals surface area contributed by atoms with Crippen molar-refractivity contribution in [2.75, 3.05) is 13.1 Å². The molecule has 144 valence electrons. The Morgan fingerprint density at radius 3 is 2.78 bits per heavy atom. The van der Waals surface area contributed by atoms with Gasteiger partial charge in [-0.1, -0.05) is 37.1 Å². The van der Waals surface area contributed by atoms with Crippen LogP contribution in [-0.4, -0.2) is 45.7 Å². The Kier molecular flexibility index (Phi) is 4.04. The molecule has 1 spiro atoms. The highest BCUT2D eigenvalue weighted by molar-refractivity contribution is 5.96. The first-order chi connectivity index (χ1) is 13.1. The van der Waals surface area contributed by atoms with Crippen molar-refractivity contribution >= 4 is 12.0 Å². The summed E-state index contributed by atoms with van der Waals surface area (Å²) in [6.07, 6.45) is 13.1. The van der Waals surface area contributed by atoms with Gasteiger partial charge < -0.3 is 5.32 Å². The van der Waals surface area contributed by atoms with E-state index in [2.05, 4.69) is 33.1 Å². The number of nitrogens with zero attached hydrogens (tertiary/aromatic N) is 2. The molecule has 5 nitrogen and oxygen atoms in total. The molecule has 0 aromatic carbocycles. The Morgan fingerprint density at radius 2 is 2.15 bits per heavy atom. The predicted octanol–water partition coefficient (Wildman–Crippen LogP) is 3.44. The molecule has 1 aromatic rings. The number of aryl methyl sites for hydroxylation is 1. The zero-order valence-corrected chi connectivity index (χ0v) is 16.3. The lowest BCUT2D eigenvalue weighted by molar-refractivity contribution is -0.0676. The zero-order chi connectivity index (χ0) is 18.6. The van der Waals surface area contributed by atoms with E-state index < -0.39 is 0 Å². The number of carbonyl (C=O) groups excluding carboxylic acids is 1. The first-order valence-electron chi connectivity index (χ1n) is 10.6. The van der Waals surface area contributed by atoms with Crippen LogP contribution in [-0.2, 0) is 0 Å². The summed E-state index contributed by atoms with van der Waals surface area (Å²) in [4.78, 5) is 15.6. The Labute approximate surface area is 161 Å². The maximum Gasteiger partial charge on any atom is 0.272 e. The number of rotatable bonds is 5. The van der Waals surface area contributed by atoms with Gasteiger partial charge in [-0.15, -0.1) is 0 Å². The standard InChI is InChI=1S/C22H30N4O/c1-14(16-5-3-4-6-16)7-8-17-15(2)24-25-20(17)21(27)23-19-13-26-12-11-22(26)10-9-18(19)22/h7-8,16,18-19H,1,3-6,9-13H2,2H3,(H,23,27)(H,24,25)/b8-7-. The molecule has 2 aliphatic heterocycles. The monoisotopic (exact) mass is 366 g/mol. The normalized spacial score (nSPS) is 32.8. The minimum Gasteiger partial charge on any atom is -0.346 e. The molecule has 4 fully saturated rings. The van der Waals surface area contributed by atoms with Gasteiger partial charge in [-0.3, -0.25) is 14.8 Å². The lowest BCUT2D eigenvalue weighted by Gasteiger charge is -2.58. The molecule has 3 atom stereocenters. The SMILES string of the molecule is C=C(/C=C\c1c(C(=O)NC2CN3CCC34CCC24)n[nH]c1C)C1CCCC1. The van der Waals surface area contributed by atoms with Crippen LogP contribution in [0.15, 0.2) is 18.2 Å². The third-order valence-corrected chi connectivity index (χ3v) is 7.80. The molecule has 0 bridgehead atoms. The maximum absolute atomic E-state index is 13.0. The van der Waals surface area contributed by atoms with Crippen LogP contribution in [0.25, 0.3) is 6.08 Å². The van der Waals surface area contributed by atoms with Gasteiger partial charge in [0.05, 0.1) is 0 Å². The number of nitrogens with one attached hydrogen (secondary N) is 2. The highest BCUT2D eigenvalue weighted by Gasteiger charge is 2.63. The summed E-state index contributed by atoms with van der Waals surface area (Å²) in [7, 11) is 0. The number of carbonyl (C=O) groups is 1. The van der Waals surface area contributed by atoms with Crippen LogP contribution in [0.2, 0.25) is 0 Å². The van der Waals surface area contributed by atoms with Gasteiger partial charge in [0.15, 0.2) is 5.69 Å². The number of hydrogen-bond donors (Lipinski definition) is 2. The lowest BCUT2D eigenvalue weighted by atomic mass is 9.61. The average molecular weight is 367 g/mol. The molecule has 3 heterocycles. The fourth-order valence-electron chi connectivity index (χ4n) is 5.94. The van der Waals surface area contributed by atoms with E-state index in [9.17, 15) is 4.79 Å². The van der Waals surface area contributed by atoms with E-state index in [1.54, 1.807) is 0 Å². The molecule has 5 heteroatoms. The Morgan fingerprint density at radius 1 is 1.33 bits per heavy atom. The van der Waals surface area contributed by atoms with E-state index in [1.807, 2.05) is 13.0 Å². The van der Waals surface area contributed by atoms with Gasteiger partial charge in [0.25, 0.3) is 5.91 Å². The fraction of sp³-hybridized carbons (Fsp3) is 0.636. The molecule has 5 rings (SSSR count). The van der Waals surface area contributed by atoms with Gasteiger partial charge in [0, 0.05) is 35.9 Å². The highest BCUT2D eigenvalue weighted by atomic mass is 16.2. The topological polar surface area (TPSA) is 61.0 Å². The van der Waals surface area contributed by atoms with E-state index in [0.717, 1.165) is 17.8 Å². The number of H-pyrrole nitrogens is 1. The van der Waals surface area contributed by atoms with Crippen LogP contribution in [0.3, 0.4) is 0 Å². The molecule has 3 unspecified atom stereocenters. The number of allylic oxidation sites excluding steroid dienone is 2. The molecule has 1 aromatic heterocycles. The Bertz CT molecular complexity index is 799. The lowest BCUT2D eigenvalue weighted by Crippen LogP contribution is -2.64. The number of amides is 1. The van der Waals surface area contributed by atoms with Crippen LogP contribution in [0.5, 0.6) is 0 Å². The summed E-state index contributed by atoms with van der Waals surface area (Å²) in [5.74, 6) is 1.19. The van der Waals surface area contributed by atoms with Crippen LogP contribution in [0.4, 0.5) is 0 Å². The van der Waals surface area contributed by atoms with E-state index in [1.165, 1.54) is 57.1 Å². The molecule has 1 amide bonds. The first kappa shape index (κ1) is 17.2. The van der Waals surface area contributed by atoms with Crippen LogP contribution < -0.4 is 5.32 Å². The molecule has 4 aliphatic rings. The van der Waals surface area contributed by atoms with Gasteiger partial charge in [0.2, 0.25) is 0 Å². The van der Waals surface area contributed by atoms with Crippen molar-refractivity contribution in [3.8, 4) is 0 Å². The summed E-state index contributed by atoms with van der Waals surface area (Å²) in [6, 6.07) is 0.274. The van der Waals surface area contributed by atoms with Gasteiger partial charge in [-0.2, -0.15) is 5.10 Å². The van der Waals surface area contributed by atoms with Gasteiger partial charge >= 0.3 is 0 Å². The minimum absolute atomic E-state index is 0.0416. The van der Waals surface area contributed by atoms with E-state index in [-0.39, 0.29) is 11.9 Å². The van der Waals surface area contributed by atoms with Crippen LogP contribution in [0, 0.1) is 18.8 Å². The van der Waals surface area contributed by atoms with Crippen molar-refractivity contribution < 1.29 is 4.79 Å². The predicted molar refractivity (Wildman–Crippen MR) is 106 cm³/mol. The minimum atomic E-state index is -0.0416. The largest absolute Gasteiger partial charge is 0.346 e. The second kappa shape index (κ2) is 6.33. The summed E-state index contributed by atoms with van der Waals surface area (Å²) in [6.45, 7) is 8.42. The second-order valence-electron chi connectivity index (χ2n) is 9.03. The smallest absolute Gasteiger partial charge is 0.272 e. The van der Waals surface area contributed by atoms with E-state index >= 15 is 0 Å². The molecule has 27 heavy (non-hydrogen) atoms. The quantitative estimate of drug-likeness (QED) is 0.785. The summed E-state index contributed by atoms with van der Waals surface area (Å²) < 4.78 is 0.